The molecule has 20 heavy (non-hydrogen) atoms. The van der Waals surface area contributed by atoms with Gasteiger partial charge < -0.3 is 10.6 Å². The summed E-state index contributed by atoms with van der Waals surface area (Å²) >= 11 is 0. The van der Waals surface area contributed by atoms with E-state index in [9.17, 15) is 0 Å². The van der Waals surface area contributed by atoms with Crippen molar-refractivity contribution in [2.75, 3.05) is 43.4 Å². The van der Waals surface area contributed by atoms with Crippen LogP contribution in [0.5, 0.6) is 0 Å². The second-order valence-electron chi connectivity index (χ2n) is 6.13. The van der Waals surface area contributed by atoms with Gasteiger partial charge in [-0.3, -0.25) is 4.90 Å². The largest absolute Gasteiger partial charge is 0.397 e. The van der Waals surface area contributed by atoms with Gasteiger partial charge in [-0.1, -0.05) is 12.1 Å². The zero-order valence-corrected chi connectivity index (χ0v) is 12.5. The van der Waals surface area contributed by atoms with E-state index >= 15 is 0 Å². The van der Waals surface area contributed by atoms with Crippen LogP contribution in [0, 0.1) is 16.7 Å². The monoisotopic (exact) mass is 272 g/mol. The number of para-hydroxylation sites is 2. The number of nitrogen functional groups attached to an aromatic ring is 1. The molecule has 2 rings (SSSR count). The summed E-state index contributed by atoms with van der Waals surface area (Å²) in [6.07, 6.45) is 0.928. The molecule has 2 N–H and O–H groups in total. The number of nitrogens with two attached hydrogens (primary N) is 1. The van der Waals surface area contributed by atoms with E-state index in [0.717, 1.165) is 50.5 Å². The van der Waals surface area contributed by atoms with Crippen LogP contribution in [-0.2, 0) is 0 Å². The fourth-order valence-electron chi connectivity index (χ4n) is 2.48. The standard InChI is InChI=1S/C16H24N4/c1-16(2,13-17)7-8-19-9-11-20(12-10-19)15-6-4-3-5-14(15)18/h3-6H,7-12,18H2,1-2H3. The smallest absolute Gasteiger partial charge is 0.0684 e. The van der Waals surface area contributed by atoms with Gasteiger partial charge in [0.2, 0.25) is 0 Å². The summed E-state index contributed by atoms with van der Waals surface area (Å²) in [5, 5.41) is 9.05. The lowest BCUT2D eigenvalue weighted by Gasteiger charge is -2.37. The summed E-state index contributed by atoms with van der Waals surface area (Å²) in [7, 11) is 0. The number of hydrogen-bond donors (Lipinski definition) is 1. The molecule has 1 fully saturated rings. The molecule has 108 valence electrons. The van der Waals surface area contributed by atoms with Crippen LogP contribution >= 0.6 is 0 Å². The molecular formula is C16H24N4. The Morgan fingerprint density at radius 1 is 1.20 bits per heavy atom. The molecule has 0 aliphatic carbocycles. The number of piperazine rings is 1. The minimum Gasteiger partial charge on any atom is -0.397 e. The van der Waals surface area contributed by atoms with E-state index in [1.165, 1.54) is 0 Å². The Hall–Kier alpha value is -1.73. The summed E-state index contributed by atoms with van der Waals surface area (Å²) in [6.45, 7) is 9.09. The van der Waals surface area contributed by atoms with Crippen molar-refractivity contribution < 1.29 is 0 Å². The summed E-state index contributed by atoms with van der Waals surface area (Å²) in [4.78, 5) is 4.79. The molecule has 1 heterocycles. The Balaban J connectivity index is 1.84. The highest BCUT2D eigenvalue weighted by atomic mass is 15.3. The summed E-state index contributed by atoms with van der Waals surface area (Å²) in [5.74, 6) is 0. The van der Waals surface area contributed by atoms with Gasteiger partial charge in [0.05, 0.1) is 22.9 Å². The van der Waals surface area contributed by atoms with Crippen molar-refractivity contribution in [1.82, 2.24) is 4.90 Å². The minimum atomic E-state index is -0.221. The van der Waals surface area contributed by atoms with Crippen LogP contribution in [-0.4, -0.2) is 37.6 Å². The maximum absolute atomic E-state index is 9.05. The minimum absolute atomic E-state index is 0.221. The van der Waals surface area contributed by atoms with E-state index in [0.29, 0.717) is 0 Å². The van der Waals surface area contributed by atoms with E-state index in [-0.39, 0.29) is 5.41 Å². The van der Waals surface area contributed by atoms with Crippen LogP contribution in [0.2, 0.25) is 0 Å². The van der Waals surface area contributed by atoms with Crippen LogP contribution in [0.1, 0.15) is 20.3 Å². The van der Waals surface area contributed by atoms with Crippen molar-refractivity contribution in [2.45, 2.75) is 20.3 Å². The number of nitriles is 1. The Labute approximate surface area is 121 Å². The molecule has 0 atom stereocenters. The lowest BCUT2D eigenvalue weighted by Crippen LogP contribution is -2.47. The fraction of sp³-hybridized carbons (Fsp3) is 0.562. The van der Waals surface area contributed by atoms with E-state index in [4.69, 9.17) is 11.0 Å². The fourth-order valence-corrected chi connectivity index (χ4v) is 2.48. The SMILES string of the molecule is CC(C)(C#N)CCN1CCN(c2ccccc2N)CC1. The topological polar surface area (TPSA) is 56.3 Å². The van der Waals surface area contributed by atoms with E-state index in [1.54, 1.807) is 0 Å². The summed E-state index contributed by atoms with van der Waals surface area (Å²) < 4.78 is 0. The van der Waals surface area contributed by atoms with Gasteiger partial charge in [0.1, 0.15) is 0 Å². The average molecular weight is 272 g/mol. The first-order valence-corrected chi connectivity index (χ1v) is 7.25. The van der Waals surface area contributed by atoms with Gasteiger partial charge in [-0.15, -0.1) is 0 Å². The molecule has 4 heteroatoms. The van der Waals surface area contributed by atoms with Crippen molar-refractivity contribution in [3.05, 3.63) is 24.3 Å². The molecule has 0 aromatic heterocycles. The predicted molar refractivity (Wildman–Crippen MR) is 83.5 cm³/mol. The molecule has 4 nitrogen and oxygen atoms in total. The third kappa shape index (κ3) is 3.64. The number of benzene rings is 1. The number of anilines is 2. The summed E-state index contributed by atoms with van der Waals surface area (Å²) in [5.41, 5.74) is 7.80. The molecule has 1 aromatic rings. The van der Waals surface area contributed by atoms with Gasteiger partial charge >= 0.3 is 0 Å². The quantitative estimate of drug-likeness (QED) is 0.855. The van der Waals surface area contributed by atoms with Gasteiger partial charge in [-0.2, -0.15) is 5.26 Å². The number of rotatable bonds is 4. The highest BCUT2D eigenvalue weighted by Gasteiger charge is 2.22. The molecule has 0 radical (unpaired) electrons. The van der Waals surface area contributed by atoms with Gasteiger partial charge in [0.15, 0.2) is 0 Å². The van der Waals surface area contributed by atoms with E-state index < -0.39 is 0 Å². The van der Waals surface area contributed by atoms with Crippen LogP contribution < -0.4 is 10.6 Å². The summed E-state index contributed by atoms with van der Waals surface area (Å²) in [6, 6.07) is 10.4. The Bertz CT molecular complexity index is 481. The van der Waals surface area contributed by atoms with Crippen molar-refractivity contribution in [1.29, 1.82) is 5.26 Å². The lowest BCUT2D eigenvalue weighted by atomic mass is 9.91. The van der Waals surface area contributed by atoms with Crippen LogP contribution in [0.4, 0.5) is 11.4 Å². The van der Waals surface area contributed by atoms with Crippen LogP contribution in [0.25, 0.3) is 0 Å². The third-order valence-corrected chi connectivity index (χ3v) is 4.01. The lowest BCUT2D eigenvalue weighted by molar-refractivity contribution is 0.230. The number of hydrogen-bond acceptors (Lipinski definition) is 4. The van der Waals surface area contributed by atoms with Crippen molar-refractivity contribution in [3.63, 3.8) is 0 Å². The first-order chi connectivity index (χ1) is 9.52. The van der Waals surface area contributed by atoms with E-state index in [1.807, 2.05) is 32.0 Å². The van der Waals surface area contributed by atoms with Crippen LogP contribution in [0.15, 0.2) is 24.3 Å². The van der Waals surface area contributed by atoms with Gasteiger partial charge in [-0.05, 0) is 38.9 Å². The maximum Gasteiger partial charge on any atom is 0.0684 e. The normalized spacial score (nSPS) is 16.9. The second kappa shape index (κ2) is 6.15. The Morgan fingerprint density at radius 3 is 2.45 bits per heavy atom. The third-order valence-electron chi connectivity index (χ3n) is 4.01. The zero-order chi connectivity index (χ0) is 14.6. The molecule has 1 aliphatic heterocycles. The Kier molecular flexibility index (Phi) is 4.51. The van der Waals surface area contributed by atoms with Crippen molar-refractivity contribution >= 4 is 11.4 Å². The van der Waals surface area contributed by atoms with Crippen molar-refractivity contribution in [3.8, 4) is 6.07 Å². The maximum atomic E-state index is 9.05. The molecular weight excluding hydrogens is 248 g/mol. The van der Waals surface area contributed by atoms with Gasteiger partial charge in [0, 0.05) is 26.2 Å². The first-order valence-electron chi connectivity index (χ1n) is 7.25. The zero-order valence-electron chi connectivity index (χ0n) is 12.5. The van der Waals surface area contributed by atoms with Crippen molar-refractivity contribution in [2.24, 2.45) is 5.41 Å². The molecule has 0 bridgehead atoms. The number of nitrogens with zero attached hydrogens (tertiary/aromatic N) is 3. The highest BCUT2D eigenvalue weighted by Crippen LogP contribution is 2.24. The predicted octanol–water partition coefficient (Wildman–Crippen LogP) is 2.33. The molecule has 1 aliphatic rings. The van der Waals surface area contributed by atoms with Crippen LogP contribution in [0.3, 0.4) is 0 Å². The van der Waals surface area contributed by atoms with Gasteiger partial charge in [-0.25, -0.2) is 0 Å². The Morgan fingerprint density at radius 2 is 1.85 bits per heavy atom. The molecule has 0 unspecified atom stereocenters. The molecule has 0 spiro atoms. The van der Waals surface area contributed by atoms with E-state index in [2.05, 4.69) is 21.9 Å². The molecule has 1 aromatic carbocycles. The molecule has 0 amide bonds. The second-order valence-corrected chi connectivity index (χ2v) is 6.13. The molecule has 0 saturated carbocycles. The highest BCUT2D eigenvalue weighted by molar-refractivity contribution is 5.67. The molecule has 1 saturated heterocycles. The average Bonchev–Trinajstić information content (AvgIpc) is 2.46. The first kappa shape index (κ1) is 14.7. The van der Waals surface area contributed by atoms with Gasteiger partial charge in [0.25, 0.3) is 0 Å².